The van der Waals surface area contributed by atoms with E-state index in [9.17, 15) is 14.9 Å². The molecule has 3 aromatic rings. The highest BCUT2D eigenvalue weighted by Gasteiger charge is 2.24. The van der Waals surface area contributed by atoms with E-state index < -0.39 is 4.92 Å². The number of aromatic nitrogens is 2. The summed E-state index contributed by atoms with van der Waals surface area (Å²) in [5, 5.41) is 16.6. The molecular formula is C22H21Cl2N5O4. The Labute approximate surface area is 200 Å². The van der Waals surface area contributed by atoms with Gasteiger partial charge in [-0.3, -0.25) is 19.8 Å². The topological polar surface area (TPSA) is 93.7 Å². The summed E-state index contributed by atoms with van der Waals surface area (Å²) in [6.45, 7) is 3.06. The summed E-state index contributed by atoms with van der Waals surface area (Å²) in [7, 11) is 0. The van der Waals surface area contributed by atoms with Gasteiger partial charge in [-0.05, 0) is 24.3 Å². The molecule has 1 fully saturated rings. The maximum atomic E-state index is 12.9. The van der Waals surface area contributed by atoms with Crippen LogP contribution in [0.5, 0.6) is 5.75 Å². The Morgan fingerprint density at radius 2 is 1.73 bits per heavy atom. The number of rotatable bonds is 7. The average molecular weight is 490 g/mol. The molecule has 172 valence electrons. The van der Waals surface area contributed by atoms with Gasteiger partial charge in [-0.2, -0.15) is 5.10 Å². The summed E-state index contributed by atoms with van der Waals surface area (Å²) in [4.78, 5) is 27.4. The van der Waals surface area contributed by atoms with Crippen molar-refractivity contribution in [3.63, 3.8) is 0 Å². The average Bonchev–Trinajstić information content (AvgIpc) is 3.29. The van der Waals surface area contributed by atoms with Crippen molar-refractivity contribution in [2.24, 2.45) is 0 Å². The summed E-state index contributed by atoms with van der Waals surface area (Å²) >= 11 is 12.5. The second-order valence-corrected chi connectivity index (χ2v) is 8.32. The highest BCUT2D eigenvalue weighted by atomic mass is 35.5. The third-order valence-corrected chi connectivity index (χ3v) is 6.09. The molecule has 0 bridgehead atoms. The van der Waals surface area contributed by atoms with Gasteiger partial charge in [0.2, 0.25) is 0 Å². The van der Waals surface area contributed by atoms with Crippen LogP contribution in [0.25, 0.3) is 0 Å². The van der Waals surface area contributed by atoms with Crippen LogP contribution in [0.4, 0.5) is 5.69 Å². The number of amides is 1. The molecule has 1 aromatic heterocycles. The highest BCUT2D eigenvalue weighted by molar-refractivity contribution is 6.35. The van der Waals surface area contributed by atoms with Crippen LogP contribution < -0.4 is 4.74 Å². The summed E-state index contributed by atoms with van der Waals surface area (Å²) in [5.41, 5.74) is 1.05. The first-order valence-electron chi connectivity index (χ1n) is 10.3. The van der Waals surface area contributed by atoms with E-state index in [1.807, 2.05) is 18.2 Å². The zero-order valence-electron chi connectivity index (χ0n) is 17.6. The molecule has 1 aliphatic heterocycles. The molecule has 0 radical (unpaired) electrons. The molecule has 1 aliphatic rings. The molecule has 1 amide bonds. The minimum Gasteiger partial charge on any atom is -0.464 e. The number of ether oxygens (including phenoxy) is 1. The van der Waals surface area contributed by atoms with Crippen LogP contribution in [0.15, 0.2) is 54.7 Å². The largest absolute Gasteiger partial charge is 0.464 e. The van der Waals surface area contributed by atoms with Crippen LogP contribution in [-0.4, -0.2) is 56.6 Å². The van der Waals surface area contributed by atoms with Gasteiger partial charge < -0.3 is 9.64 Å². The fourth-order valence-corrected chi connectivity index (χ4v) is 4.11. The summed E-state index contributed by atoms with van der Waals surface area (Å²) in [5.74, 6) is -0.0320. The molecule has 9 nitrogen and oxygen atoms in total. The molecule has 2 heterocycles. The standard InChI is InChI=1S/C22H21Cl2N5O4/c23-17-4-3-5-18(24)16(17)14-26-10-12-27(13-11-26)22(30)19-8-9-28(25-19)15-33-21-7-2-1-6-20(21)29(31)32/h1-9H,10-15H2. The van der Waals surface area contributed by atoms with Crippen molar-refractivity contribution >= 4 is 34.8 Å². The van der Waals surface area contributed by atoms with Crippen LogP contribution >= 0.6 is 23.2 Å². The van der Waals surface area contributed by atoms with Crippen LogP contribution in [-0.2, 0) is 13.3 Å². The van der Waals surface area contributed by atoms with Gasteiger partial charge in [-0.25, -0.2) is 4.68 Å². The molecule has 4 rings (SSSR count). The highest BCUT2D eigenvalue weighted by Crippen LogP contribution is 2.27. The van der Waals surface area contributed by atoms with E-state index in [1.165, 1.54) is 16.8 Å². The molecule has 2 aromatic carbocycles. The quantitative estimate of drug-likeness (QED) is 0.366. The number of carbonyl (C=O) groups excluding carboxylic acids is 1. The van der Waals surface area contributed by atoms with E-state index in [0.29, 0.717) is 48.5 Å². The molecular weight excluding hydrogens is 469 g/mol. The third-order valence-electron chi connectivity index (χ3n) is 5.38. The maximum absolute atomic E-state index is 12.9. The molecule has 1 saturated heterocycles. The van der Waals surface area contributed by atoms with Crippen LogP contribution in [0.1, 0.15) is 16.1 Å². The molecule has 0 spiro atoms. The fraction of sp³-hybridized carbons (Fsp3) is 0.273. The minimum absolute atomic E-state index is 0.0511. The summed E-state index contributed by atoms with van der Waals surface area (Å²) in [6, 6.07) is 13.2. The van der Waals surface area contributed by atoms with Crippen molar-refractivity contribution in [1.82, 2.24) is 19.6 Å². The summed E-state index contributed by atoms with van der Waals surface area (Å²) < 4.78 is 6.95. The minimum atomic E-state index is -0.507. The van der Waals surface area contributed by atoms with E-state index in [0.717, 1.165) is 5.56 Å². The lowest BCUT2D eigenvalue weighted by atomic mass is 10.2. The lowest BCUT2D eigenvalue weighted by Gasteiger charge is -2.34. The number of para-hydroxylation sites is 2. The molecule has 0 unspecified atom stereocenters. The van der Waals surface area contributed by atoms with Crippen molar-refractivity contribution in [2.75, 3.05) is 26.2 Å². The maximum Gasteiger partial charge on any atom is 0.311 e. The lowest BCUT2D eigenvalue weighted by molar-refractivity contribution is -0.386. The van der Waals surface area contributed by atoms with Crippen molar-refractivity contribution < 1.29 is 14.5 Å². The summed E-state index contributed by atoms with van der Waals surface area (Å²) in [6.07, 6.45) is 1.61. The second kappa shape index (κ2) is 10.2. The number of benzene rings is 2. The molecule has 33 heavy (non-hydrogen) atoms. The number of hydrogen-bond donors (Lipinski definition) is 0. The number of hydrogen-bond acceptors (Lipinski definition) is 6. The number of nitro benzene ring substituents is 1. The van der Waals surface area contributed by atoms with Gasteiger partial charge in [0.1, 0.15) is 0 Å². The Hall–Kier alpha value is -3.14. The Morgan fingerprint density at radius 1 is 1.03 bits per heavy atom. The SMILES string of the molecule is O=C(c1ccn(COc2ccccc2[N+](=O)[O-])n1)N1CCN(Cc2c(Cl)cccc2Cl)CC1. The molecule has 11 heteroatoms. The van der Waals surface area contributed by atoms with Crippen molar-refractivity contribution in [1.29, 1.82) is 0 Å². The zero-order valence-corrected chi connectivity index (χ0v) is 19.1. The van der Waals surface area contributed by atoms with Gasteiger partial charge in [0, 0.05) is 60.6 Å². The first kappa shape index (κ1) is 23.0. The lowest BCUT2D eigenvalue weighted by Crippen LogP contribution is -2.48. The molecule has 0 aliphatic carbocycles. The van der Waals surface area contributed by atoms with Gasteiger partial charge in [-0.15, -0.1) is 0 Å². The van der Waals surface area contributed by atoms with Crippen molar-refractivity contribution in [3.8, 4) is 5.75 Å². The van der Waals surface area contributed by atoms with E-state index in [2.05, 4.69) is 10.00 Å². The van der Waals surface area contributed by atoms with Gasteiger partial charge >= 0.3 is 5.69 Å². The van der Waals surface area contributed by atoms with Crippen molar-refractivity contribution in [2.45, 2.75) is 13.3 Å². The van der Waals surface area contributed by atoms with E-state index in [4.69, 9.17) is 27.9 Å². The smallest absolute Gasteiger partial charge is 0.311 e. The van der Waals surface area contributed by atoms with Crippen LogP contribution in [0.3, 0.4) is 0 Å². The zero-order chi connectivity index (χ0) is 23.4. The number of nitro groups is 1. The fourth-order valence-electron chi connectivity index (χ4n) is 3.59. The number of piperazine rings is 1. The number of nitrogens with zero attached hydrogens (tertiary/aromatic N) is 5. The van der Waals surface area contributed by atoms with Gasteiger partial charge in [-0.1, -0.05) is 41.4 Å². The molecule has 0 atom stereocenters. The van der Waals surface area contributed by atoms with Crippen molar-refractivity contribution in [3.05, 3.63) is 86.1 Å². The number of carbonyl (C=O) groups is 1. The van der Waals surface area contributed by atoms with Gasteiger partial charge in [0.15, 0.2) is 18.2 Å². The molecule has 0 N–H and O–H groups in total. The van der Waals surface area contributed by atoms with Crippen LogP contribution in [0, 0.1) is 10.1 Å². The first-order chi connectivity index (χ1) is 15.9. The second-order valence-electron chi connectivity index (χ2n) is 7.51. The predicted octanol–water partition coefficient (Wildman–Crippen LogP) is 4.09. The Bertz CT molecular complexity index is 1140. The first-order valence-corrected chi connectivity index (χ1v) is 11.0. The Morgan fingerprint density at radius 3 is 2.42 bits per heavy atom. The van der Waals surface area contributed by atoms with E-state index in [1.54, 1.807) is 29.3 Å². The Kier molecular flexibility index (Phi) is 7.12. The molecule has 0 saturated carbocycles. The van der Waals surface area contributed by atoms with Crippen LogP contribution in [0.2, 0.25) is 10.0 Å². The number of halogens is 2. The van der Waals surface area contributed by atoms with E-state index in [-0.39, 0.29) is 24.1 Å². The monoisotopic (exact) mass is 489 g/mol. The third kappa shape index (κ3) is 5.44. The predicted molar refractivity (Wildman–Crippen MR) is 124 cm³/mol. The Balaban J connectivity index is 1.31. The van der Waals surface area contributed by atoms with Gasteiger partial charge in [0.05, 0.1) is 4.92 Å². The van der Waals surface area contributed by atoms with E-state index >= 15 is 0 Å². The van der Waals surface area contributed by atoms with Gasteiger partial charge in [0.25, 0.3) is 5.91 Å². The normalized spacial score (nSPS) is 14.3.